The van der Waals surface area contributed by atoms with Gasteiger partial charge < -0.3 is 29.3 Å². The van der Waals surface area contributed by atoms with Crippen LogP contribution in [0, 0.1) is 0 Å². The molecule has 318 valence electrons. The lowest BCUT2D eigenvalue weighted by Gasteiger charge is -2.44. The summed E-state index contributed by atoms with van der Waals surface area (Å²) in [6, 6.07) is 26.7. The van der Waals surface area contributed by atoms with Gasteiger partial charge in [-0.1, -0.05) is 31.0 Å². The van der Waals surface area contributed by atoms with Crippen LogP contribution in [-0.4, -0.2) is 120 Å². The molecule has 5 aromatic rings. The third-order valence-electron chi connectivity index (χ3n) is 13.0. The van der Waals surface area contributed by atoms with Gasteiger partial charge in [0.05, 0.1) is 13.7 Å². The Morgan fingerprint density at radius 2 is 1.49 bits per heavy atom. The van der Waals surface area contributed by atoms with Crippen LogP contribution in [0.25, 0.3) is 11.0 Å². The highest BCUT2D eigenvalue weighted by Gasteiger charge is 2.34. The van der Waals surface area contributed by atoms with Gasteiger partial charge in [-0.15, -0.1) is 0 Å². The second kappa shape index (κ2) is 17.4. The van der Waals surface area contributed by atoms with E-state index in [0.29, 0.717) is 30.6 Å². The fourth-order valence-electron chi connectivity index (χ4n) is 9.57. The van der Waals surface area contributed by atoms with Gasteiger partial charge in [0.25, 0.3) is 5.91 Å². The number of anilines is 5. The first kappa shape index (κ1) is 40.3. The number of carbonyl (C=O) groups is 3. The van der Waals surface area contributed by atoms with E-state index in [1.54, 1.807) is 31.0 Å². The highest BCUT2D eigenvalue weighted by molar-refractivity contribution is 6.05. The Labute approximate surface area is 357 Å². The monoisotopic (exact) mass is 824 g/mol. The van der Waals surface area contributed by atoms with Crippen LogP contribution in [0.5, 0.6) is 5.75 Å². The Balaban J connectivity index is 0.772. The van der Waals surface area contributed by atoms with Crippen molar-refractivity contribution in [3.8, 4) is 5.75 Å². The van der Waals surface area contributed by atoms with Gasteiger partial charge >= 0.3 is 6.03 Å². The Morgan fingerprint density at radius 1 is 0.787 bits per heavy atom. The standard InChI is InChI=1S/C47H56N10O4/c1-51(2)45(59)42-29-34-31-48-46(50-44(34)57(42)38-7-4-5-8-38)49-35-13-15-36(16-14-35)53-25-27-54(28-26-53)37-19-22-52(23-20-37)39-9-6-10-40(30-39)55-24-21-43(58)56(47(55)60)32-33-11-17-41(61-3)18-12-33/h6,9-18,29-31,37-38H,4-5,7-8,19-28,32H2,1-3H3,(H,48,49,50). The molecule has 0 unspecified atom stereocenters. The maximum Gasteiger partial charge on any atom is 0.331 e. The Morgan fingerprint density at radius 3 is 2.20 bits per heavy atom. The van der Waals surface area contributed by atoms with Gasteiger partial charge in [-0.05, 0) is 91.9 Å². The lowest BCUT2D eigenvalue weighted by Crippen LogP contribution is -2.53. The van der Waals surface area contributed by atoms with Crippen molar-refractivity contribution in [1.29, 1.82) is 0 Å². The van der Waals surface area contributed by atoms with Gasteiger partial charge in [-0.2, -0.15) is 4.98 Å². The van der Waals surface area contributed by atoms with Gasteiger partial charge in [0.15, 0.2) is 0 Å². The number of piperidine rings is 1. The molecule has 4 amide bonds. The van der Waals surface area contributed by atoms with E-state index in [-0.39, 0.29) is 30.4 Å². The van der Waals surface area contributed by atoms with E-state index >= 15 is 0 Å². The minimum atomic E-state index is -0.280. The van der Waals surface area contributed by atoms with Crippen LogP contribution in [0.1, 0.15) is 67.0 Å². The maximum absolute atomic E-state index is 13.6. The van der Waals surface area contributed by atoms with Gasteiger partial charge in [0, 0.05) is 113 Å². The number of imide groups is 1. The Bertz CT molecular complexity index is 2360. The van der Waals surface area contributed by atoms with Crippen LogP contribution in [0.4, 0.5) is 33.5 Å². The summed E-state index contributed by atoms with van der Waals surface area (Å²) in [6.45, 7) is 6.52. The van der Waals surface area contributed by atoms with Gasteiger partial charge in [-0.25, -0.2) is 9.78 Å². The van der Waals surface area contributed by atoms with Crippen molar-refractivity contribution in [1.82, 2.24) is 29.2 Å². The van der Waals surface area contributed by atoms with Gasteiger partial charge in [-0.3, -0.25) is 24.3 Å². The van der Waals surface area contributed by atoms with Crippen LogP contribution in [0.3, 0.4) is 0 Å². The minimum Gasteiger partial charge on any atom is -0.497 e. The van der Waals surface area contributed by atoms with Crippen LogP contribution in [0.2, 0.25) is 0 Å². The van der Waals surface area contributed by atoms with Crippen LogP contribution < -0.4 is 24.8 Å². The lowest BCUT2D eigenvalue weighted by atomic mass is 10.0. The number of aromatic nitrogens is 3. The molecule has 3 saturated heterocycles. The first-order chi connectivity index (χ1) is 29.7. The molecule has 5 heterocycles. The first-order valence-electron chi connectivity index (χ1n) is 21.8. The van der Waals surface area contributed by atoms with E-state index in [2.05, 4.69) is 66.0 Å². The van der Waals surface area contributed by atoms with E-state index < -0.39 is 0 Å². The molecule has 1 aliphatic carbocycles. The molecule has 0 atom stereocenters. The van der Waals surface area contributed by atoms with Crippen molar-refractivity contribution in [3.63, 3.8) is 0 Å². The van der Waals surface area contributed by atoms with Gasteiger partial charge in [0.2, 0.25) is 11.9 Å². The SMILES string of the molecule is COc1ccc(CN2C(=O)CCN(c3cccc(N4CCC(N5CCN(c6ccc(Nc7ncc8cc(C(=O)N(C)C)n(C9CCCC9)c8n7)cc6)CC5)CC4)c3)C2=O)cc1. The molecule has 0 radical (unpaired) electrons. The number of benzene rings is 3. The zero-order valence-corrected chi connectivity index (χ0v) is 35.5. The molecule has 1 saturated carbocycles. The average Bonchev–Trinajstić information content (AvgIpc) is 3.96. The second-order valence-electron chi connectivity index (χ2n) is 17.0. The summed E-state index contributed by atoms with van der Waals surface area (Å²) < 4.78 is 7.41. The lowest BCUT2D eigenvalue weighted by molar-refractivity contribution is -0.129. The molecular weight excluding hydrogens is 769 g/mol. The fourth-order valence-corrected chi connectivity index (χ4v) is 9.57. The van der Waals surface area contributed by atoms with E-state index in [1.807, 2.05) is 48.7 Å². The molecular formula is C47H56N10O4. The zero-order valence-electron chi connectivity index (χ0n) is 35.5. The summed E-state index contributed by atoms with van der Waals surface area (Å²) in [5.74, 6) is 1.10. The number of piperazine rings is 1. The zero-order chi connectivity index (χ0) is 42.0. The minimum absolute atomic E-state index is 0.0108. The van der Waals surface area contributed by atoms with Crippen molar-refractivity contribution in [2.24, 2.45) is 0 Å². The number of nitrogens with zero attached hydrogens (tertiary/aromatic N) is 9. The van der Waals surface area contributed by atoms with Crippen molar-refractivity contribution in [2.45, 2.75) is 63.6 Å². The van der Waals surface area contributed by atoms with E-state index in [4.69, 9.17) is 9.72 Å². The van der Waals surface area contributed by atoms with E-state index in [1.165, 1.54) is 10.6 Å². The number of carbonyl (C=O) groups excluding carboxylic acids is 3. The molecule has 3 aromatic carbocycles. The summed E-state index contributed by atoms with van der Waals surface area (Å²) in [7, 11) is 5.20. The fraction of sp³-hybridized carbons (Fsp3) is 0.426. The molecule has 3 aliphatic heterocycles. The molecule has 0 spiro atoms. The molecule has 61 heavy (non-hydrogen) atoms. The van der Waals surface area contributed by atoms with Crippen molar-refractivity contribution in [2.75, 3.05) is 87.0 Å². The molecule has 1 N–H and O–H groups in total. The van der Waals surface area contributed by atoms with Crippen molar-refractivity contribution >= 4 is 57.6 Å². The van der Waals surface area contributed by atoms with Crippen LogP contribution >= 0.6 is 0 Å². The predicted molar refractivity (Wildman–Crippen MR) is 239 cm³/mol. The first-order valence-corrected chi connectivity index (χ1v) is 21.8. The topological polar surface area (TPSA) is 123 Å². The third kappa shape index (κ3) is 8.46. The number of methoxy groups -OCH3 is 1. The number of fused-ring (bicyclic) bond motifs is 1. The number of hydrogen-bond acceptors (Lipinski definition) is 10. The molecule has 9 rings (SSSR count). The van der Waals surface area contributed by atoms with E-state index in [9.17, 15) is 14.4 Å². The highest BCUT2D eigenvalue weighted by Crippen LogP contribution is 2.35. The number of urea groups is 1. The molecule has 14 nitrogen and oxygen atoms in total. The number of amides is 4. The number of hydrogen-bond donors (Lipinski definition) is 1. The maximum atomic E-state index is 13.6. The summed E-state index contributed by atoms with van der Waals surface area (Å²) in [4.78, 5) is 61.5. The van der Waals surface area contributed by atoms with Crippen molar-refractivity contribution in [3.05, 3.63) is 96.3 Å². The summed E-state index contributed by atoms with van der Waals surface area (Å²) >= 11 is 0. The summed E-state index contributed by atoms with van der Waals surface area (Å²) in [6.07, 6.45) is 8.72. The Kier molecular flexibility index (Phi) is 11.5. The largest absolute Gasteiger partial charge is 0.497 e. The molecule has 2 aromatic heterocycles. The van der Waals surface area contributed by atoms with Crippen LogP contribution in [0.15, 0.2) is 85.1 Å². The van der Waals surface area contributed by atoms with Crippen molar-refractivity contribution < 1.29 is 19.1 Å². The third-order valence-corrected chi connectivity index (χ3v) is 13.0. The number of rotatable bonds is 11. The number of ether oxygens (including phenoxy) is 1. The smallest absolute Gasteiger partial charge is 0.331 e. The van der Waals surface area contributed by atoms with Gasteiger partial charge in [0.1, 0.15) is 17.1 Å². The molecule has 14 heteroatoms. The molecule has 4 fully saturated rings. The summed E-state index contributed by atoms with van der Waals surface area (Å²) in [5.41, 5.74) is 6.44. The van der Waals surface area contributed by atoms with E-state index in [0.717, 1.165) is 117 Å². The molecule has 4 aliphatic rings. The summed E-state index contributed by atoms with van der Waals surface area (Å²) in [5, 5.41) is 4.29. The predicted octanol–water partition coefficient (Wildman–Crippen LogP) is 7.15. The number of nitrogens with one attached hydrogen (secondary N) is 1. The van der Waals surface area contributed by atoms with Crippen LogP contribution in [-0.2, 0) is 11.3 Å². The second-order valence-corrected chi connectivity index (χ2v) is 17.0. The quantitative estimate of drug-likeness (QED) is 0.147. The molecule has 0 bridgehead atoms. The normalized spacial score (nSPS) is 18.3. The Hall–Kier alpha value is -6.15. The average molecular weight is 825 g/mol. The highest BCUT2D eigenvalue weighted by atomic mass is 16.5.